The number of hydrogen-bond acceptors (Lipinski definition) is 3. The number of nitrogens with zero attached hydrogens (tertiary/aromatic N) is 1. The number of urea groups is 1. The fraction of sp³-hybridized carbons (Fsp3) is 0.438. The van der Waals surface area contributed by atoms with Gasteiger partial charge in [-0.1, -0.05) is 12.1 Å². The minimum Gasteiger partial charge on any atom is -0.353 e. The van der Waals surface area contributed by atoms with Crippen molar-refractivity contribution in [1.29, 1.82) is 0 Å². The first kappa shape index (κ1) is 15.5. The first-order valence-corrected chi connectivity index (χ1v) is 7.68. The molecule has 1 aliphatic heterocycles. The molecule has 1 aromatic carbocycles. The Morgan fingerprint density at radius 2 is 1.96 bits per heavy atom. The van der Waals surface area contributed by atoms with E-state index in [1.165, 1.54) is 12.1 Å². The van der Waals surface area contributed by atoms with Crippen LogP contribution in [-0.2, 0) is 9.59 Å². The normalized spacial score (nSPS) is 21.1. The molecule has 2 aliphatic rings. The maximum Gasteiger partial charge on any atom is 0.324 e. The summed E-state index contributed by atoms with van der Waals surface area (Å²) in [5.41, 5.74) is 0.680. The van der Waals surface area contributed by atoms with E-state index in [0.717, 1.165) is 17.7 Å². The lowest BCUT2D eigenvalue weighted by Gasteiger charge is -2.31. The van der Waals surface area contributed by atoms with E-state index in [-0.39, 0.29) is 43.1 Å². The minimum atomic E-state index is -0.519. The van der Waals surface area contributed by atoms with Gasteiger partial charge in [-0.2, -0.15) is 0 Å². The molecule has 0 aromatic heterocycles. The molecular formula is C16H18FN3O3. The second-order valence-electron chi connectivity index (χ2n) is 5.89. The zero-order valence-electron chi connectivity index (χ0n) is 12.5. The lowest BCUT2D eigenvalue weighted by molar-refractivity contribution is -0.130. The quantitative estimate of drug-likeness (QED) is 0.863. The molecule has 2 N–H and O–H groups in total. The van der Waals surface area contributed by atoms with E-state index >= 15 is 0 Å². The number of carbonyl (C=O) groups excluding carboxylic acids is 3. The Bertz CT molecular complexity index is 610. The van der Waals surface area contributed by atoms with Crippen LogP contribution in [0.1, 0.15) is 37.3 Å². The van der Waals surface area contributed by atoms with Gasteiger partial charge >= 0.3 is 6.03 Å². The van der Waals surface area contributed by atoms with Crippen molar-refractivity contribution in [2.75, 3.05) is 6.54 Å². The molecule has 6 nitrogen and oxygen atoms in total. The second kappa shape index (κ2) is 6.36. The first-order valence-electron chi connectivity index (χ1n) is 7.68. The van der Waals surface area contributed by atoms with Crippen molar-refractivity contribution >= 4 is 17.8 Å². The molecule has 0 radical (unpaired) electrons. The van der Waals surface area contributed by atoms with Gasteiger partial charge in [0.25, 0.3) is 0 Å². The van der Waals surface area contributed by atoms with E-state index in [1.54, 1.807) is 12.1 Å². The van der Waals surface area contributed by atoms with Crippen molar-refractivity contribution in [2.24, 2.45) is 0 Å². The molecule has 7 heteroatoms. The monoisotopic (exact) mass is 319 g/mol. The molecule has 1 atom stereocenters. The Labute approximate surface area is 133 Å². The molecule has 1 saturated heterocycles. The van der Waals surface area contributed by atoms with Crippen LogP contribution in [0.4, 0.5) is 9.18 Å². The van der Waals surface area contributed by atoms with E-state index in [9.17, 15) is 18.8 Å². The van der Waals surface area contributed by atoms with Crippen LogP contribution in [0, 0.1) is 5.82 Å². The lowest BCUT2D eigenvalue weighted by atomic mass is 10.0. The largest absolute Gasteiger partial charge is 0.353 e. The Kier molecular flexibility index (Phi) is 4.27. The summed E-state index contributed by atoms with van der Waals surface area (Å²) in [6.45, 7) is 0.0688. The van der Waals surface area contributed by atoms with Gasteiger partial charge in [0, 0.05) is 19.0 Å². The molecule has 0 bridgehead atoms. The average molecular weight is 319 g/mol. The third-order valence-corrected chi connectivity index (χ3v) is 4.00. The standard InChI is InChI=1S/C16H18FN3O3/c17-11-3-1-10(2-4-11)13-9-15(22)20(16(23)19-13)8-7-14(21)18-12-5-6-12/h1-4,12-13H,5-9H2,(H,18,21)(H,19,23). The molecule has 4 amide bonds. The Morgan fingerprint density at radius 1 is 1.26 bits per heavy atom. The fourth-order valence-electron chi connectivity index (χ4n) is 2.54. The number of imide groups is 1. The summed E-state index contributed by atoms with van der Waals surface area (Å²) in [5, 5.41) is 5.54. The van der Waals surface area contributed by atoms with Gasteiger partial charge in [0.05, 0.1) is 12.5 Å². The summed E-state index contributed by atoms with van der Waals surface area (Å²) >= 11 is 0. The van der Waals surface area contributed by atoms with E-state index in [2.05, 4.69) is 10.6 Å². The SMILES string of the molecule is O=C(CCN1C(=O)CC(c2ccc(F)cc2)NC1=O)NC1CC1. The van der Waals surface area contributed by atoms with Gasteiger partial charge in [0.15, 0.2) is 0 Å². The van der Waals surface area contributed by atoms with Crippen LogP contribution in [0.2, 0.25) is 0 Å². The Balaban J connectivity index is 1.56. The molecule has 3 rings (SSSR count). The average Bonchev–Trinajstić information content (AvgIpc) is 3.31. The van der Waals surface area contributed by atoms with Crippen LogP contribution in [-0.4, -0.2) is 35.3 Å². The maximum atomic E-state index is 12.9. The molecule has 1 saturated carbocycles. The van der Waals surface area contributed by atoms with Crippen molar-refractivity contribution in [2.45, 2.75) is 37.8 Å². The van der Waals surface area contributed by atoms with Crippen LogP contribution in [0.15, 0.2) is 24.3 Å². The van der Waals surface area contributed by atoms with Gasteiger partial charge in [0.2, 0.25) is 11.8 Å². The molecular weight excluding hydrogens is 301 g/mol. The van der Waals surface area contributed by atoms with Gasteiger partial charge in [-0.25, -0.2) is 9.18 Å². The first-order chi connectivity index (χ1) is 11.0. The Morgan fingerprint density at radius 3 is 2.57 bits per heavy atom. The summed E-state index contributed by atoms with van der Waals surface area (Å²) < 4.78 is 12.9. The number of halogens is 1. The van der Waals surface area contributed by atoms with E-state index in [1.807, 2.05) is 0 Å². The smallest absolute Gasteiger partial charge is 0.324 e. The van der Waals surface area contributed by atoms with Crippen LogP contribution in [0.25, 0.3) is 0 Å². The topological polar surface area (TPSA) is 78.5 Å². The number of amides is 4. The van der Waals surface area contributed by atoms with Crippen molar-refractivity contribution in [1.82, 2.24) is 15.5 Å². The number of benzene rings is 1. The summed E-state index contributed by atoms with van der Waals surface area (Å²) in [7, 11) is 0. The fourth-order valence-corrected chi connectivity index (χ4v) is 2.54. The third kappa shape index (κ3) is 3.85. The molecule has 122 valence electrons. The molecule has 2 fully saturated rings. The van der Waals surface area contributed by atoms with Gasteiger partial charge in [-0.15, -0.1) is 0 Å². The number of rotatable bonds is 5. The lowest BCUT2D eigenvalue weighted by Crippen LogP contribution is -2.52. The maximum absolute atomic E-state index is 12.9. The van der Waals surface area contributed by atoms with Crippen molar-refractivity contribution in [3.63, 3.8) is 0 Å². The summed E-state index contributed by atoms with van der Waals surface area (Å²) in [6, 6.07) is 4.96. The summed E-state index contributed by atoms with van der Waals surface area (Å²) in [6.07, 6.45) is 2.20. The summed E-state index contributed by atoms with van der Waals surface area (Å²) in [5.74, 6) is -0.846. The highest BCUT2D eigenvalue weighted by molar-refractivity contribution is 5.97. The zero-order valence-corrected chi connectivity index (χ0v) is 12.5. The highest BCUT2D eigenvalue weighted by atomic mass is 19.1. The van der Waals surface area contributed by atoms with Gasteiger partial charge in [-0.3, -0.25) is 14.5 Å². The molecule has 1 heterocycles. The van der Waals surface area contributed by atoms with E-state index in [4.69, 9.17) is 0 Å². The summed E-state index contributed by atoms with van der Waals surface area (Å²) in [4.78, 5) is 37.0. The molecule has 23 heavy (non-hydrogen) atoms. The highest BCUT2D eigenvalue weighted by Crippen LogP contribution is 2.23. The van der Waals surface area contributed by atoms with Gasteiger partial charge in [-0.05, 0) is 30.5 Å². The number of hydrogen-bond donors (Lipinski definition) is 2. The number of nitrogens with one attached hydrogen (secondary N) is 2. The van der Waals surface area contributed by atoms with Crippen LogP contribution < -0.4 is 10.6 Å². The van der Waals surface area contributed by atoms with Gasteiger partial charge < -0.3 is 10.6 Å². The van der Waals surface area contributed by atoms with E-state index in [0.29, 0.717) is 5.56 Å². The van der Waals surface area contributed by atoms with Crippen molar-refractivity contribution < 1.29 is 18.8 Å². The predicted octanol–water partition coefficient (Wildman–Crippen LogP) is 1.48. The van der Waals surface area contributed by atoms with Crippen LogP contribution >= 0.6 is 0 Å². The third-order valence-electron chi connectivity index (χ3n) is 4.00. The minimum absolute atomic E-state index is 0.0688. The molecule has 1 aromatic rings. The Hall–Kier alpha value is -2.44. The van der Waals surface area contributed by atoms with Crippen molar-refractivity contribution in [3.05, 3.63) is 35.6 Å². The molecule has 0 spiro atoms. The zero-order chi connectivity index (χ0) is 16.4. The molecule has 1 unspecified atom stereocenters. The van der Waals surface area contributed by atoms with E-state index < -0.39 is 12.1 Å². The van der Waals surface area contributed by atoms with Crippen molar-refractivity contribution in [3.8, 4) is 0 Å². The number of carbonyl (C=O) groups is 3. The second-order valence-corrected chi connectivity index (χ2v) is 5.89. The van der Waals surface area contributed by atoms with Crippen LogP contribution in [0.3, 0.4) is 0 Å². The van der Waals surface area contributed by atoms with Gasteiger partial charge in [0.1, 0.15) is 5.82 Å². The van der Waals surface area contributed by atoms with Crippen LogP contribution in [0.5, 0.6) is 0 Å². The predicted molar refractivity (Wildman–Crippen MR) is 79.8 cm³/mol. The molecule has 1 aliphatic carbocycles. The highest BCUT2D eigenvalue weighted by Gasteiger charge is 2.33.